The van der Waals surface area contributed by atoms with Crippen molar-refractivity contribution >= 4 is 34.1 Å². The van der Waals surface area contributed by atoms with E-state index in [9.17, 15) is 4.79 Å². The van der Waals surface area contributed by atoms with Gasteiger partial charge in [-0.15, -0.1) is 0 Å². The first-order valence-electron chi connectivity index (χ1n) is 13.6. The molecule has 2 unspecified atom stereocenters. The molecule has 7 rings (SSSR count). The molecule has 1 N–H and O–H groups in total. The van der Waals surface area contributed by atoms with E-state index in [4.69, 9.17) is 31.4 Å². The number of hydrogen-bond acceptors (Lipinski definition) is 7. The summed E-state index contributed by atoms with van der Waals surface area (Å²) in [5, 5.41) is 5.28. The second-order valence-electron chi connectivity index (χ2n) is 10.3. The van der Waals surface area contributed by atoms with E-state index in [0.717, 1.165) is 74.7 Å². The van der Waals surface area contributed by atoms with Crippen LogP contribution in [0.2, 0.25) is 5.02 Å². The molecular formula is C28H29ClN8O2. The highest BCUT2D eigenvalue weighted by molar-refractivity contribution is 6.33. The zero-order valence-electron chi connectivity index (χ0n) is 21.5. The zero-order chi connectivity index (χ0) is 26.3. The van der Waals surface area contributed by atoms with Crippen molar-refractivity contribution in [2.75, 3.05) is 24.7 Å². The fourth-order valence-corrected chi connectivity index (χ4v) is 6.00. The molecule has 6 heterocycles. The Balaban J connectivity index is 1.27. The van der Waals surface area contributed by atoms with Crippen LogP contribution in [-0.4, -0.2) is 53.9 Å². The highest BCUT2D eigenvalue weighted by Gasteiger charge is 2.37. The Labute approximate surface area is 229 Å². The zero-order valence-corrected chi connectivity index (χ0v) is 22.2. The Hall–Kier alpha value is -3.76. The highest BCUT2D eigenvalue weighted by atomic mass is 35.5. The minimum atomic E-state index is -0.199. The summed E-state index contributed by atoms with van der Waals surface area (Å²) in [6.07, 6.45) is 9.42. The molecule has 4 aromatic heterocycles. The van der Waals surface area contributed by atoms with Crippen LogP contribution in [0.1, 0.15) is 49.8 Å². The number of aryl methyl sites for hydroxylation is 1. The van der Waals surface area contributed by atoms with E-state index in [1.54, 1.807) is 27.7 Å². The van der Waals surface area contributed by atoms with Gasteiger partial charge < -0.3 is 14.6 Å². The van der Waals surface area contributed by atoms with Crippen molar-refractivity contribution < 1.29 is 4.74 Å². The molecule has 2 aliphatic rings. The van der Waals surface area contributed by atoms with Gasteiger partial charge in [-0.25, -0.2) is 19.5 Å². The fourth-order valence-electron chi connectivity index (χ4n) is 5.77. The smallest absolute Gasteiger partial charge is 0.284 e. The molecule has 200 valence electrons. The van der Waals surface area contributed by atoms with Gasteiger partial charge in [0.15, 0.2) is 17.3 Å². The molecule has 10 nitrogen and oxygen atoms in total. The normalized spacial score (nSPS) is 19.9. The number of anilines is 1. The average Bonchev–Trinajstić information content (AvgIpc) is 3.46. The lowest BCUT2D eigenvalue weighted by atomic mass is 9.95. The number of hydrogen-bond donors (Lipinski definition) is 1. The van der Waals surface area contributed by atoms with Crippen molar-refractivity contribution in [1.82, 2.24) is 34.1 Å². The van der Waals surface area contributed by atoms with Crippen molar-refractivity contribution in [2.45, 2.75) is 44.6 Å². The van der Waals surface area contributed by atoms with Gasteiger partial charge in [0.25, 0.3) is 5.56 Å². The van der Waals surface area contributed by atoms with Gasteiger partial charge >= 0.3 is 0 Å². The molecule has 2 saturated heterocycles. The molecule has 2 atom stereocenters. The lowest BCUT2D eigenvalue weighted by Gasteiger charge is -2.42. The van der Waals surface area contributed by atoms with Crippen LogP contribution in [0.5, 0.6) is 0 Å². The number of aromatic amines is 1. The molecule has 0 spiro atoms. The van der Waals surface area contributed by atoms with E-state index in [1.165, 1.54) is 6.42 Å². The molecule has 11 heteroatoms. The predicted molar refractivity (Wildman–Crippen MR) is 149 cm³/mol. The van der Waals surface area contributed by atoms with Crippen molar-refractivity contribution in [1.29, 1.82) is 0 Å². The molecular weight excluding hydrogens is 516 g/mol. The third-order valence-corrected chi connectivity index (χ3v) is 8.23. The van der Waals surface area contributed by atoms with Crippen LogP contribution in [0.3, 0.4) is 0 Å². The van der Waals surface area contributed by atoms with Gasteiger partial charge in [0, 0.05) is 32.4 Å². The van der Waals surface area contributed by atoms with Gasteiger partial charge in [0.1, 0.15) is 16.9 Å². The van der Waals surface area contributed by atoms with Gasteiger partial charge in [-0.3, -0.25) is 9.36 Å². The molecule has 0 amide bonds. The number of rotatable bonds is 6. The Morgan fingerprint density at radius 3 is 2.82 bits per heavy atom. The van der Waals surface area contributed by atoms with Crippen LogP contribution < -0.4 is 10.5 Å². The van der Waals surface area contributed by atoms with E-state index in [2.05, 4.69) is 14.9 Å². The maximum absolute atomic E-state index is 13.8. The number of para-hydroxylation sites is 1. The molecule has 0 saturated carbocycles. The quantitative estimate of drug-likeness (QED) is 0.335. The SMILES string of the molecule is O=c1c2c(Cl)ccn2nc(C2CCN2c2nc(CCC3CCCOCC3)nc3nc[nH]c23)n1-c1ccccc1. The summed E-state index contributed by atoms with van der Waals surface area (Å²) in [6, 6.07) is 11.1. The Kier molecular flexibility index (Phi) is 6.28. The first kappa shape index (κ1) is 24.3. The van der Waals surface area contributed by atoms with Crippen molar-refractivity contribution in [3.05, 3.63) is 75.9 Å². The Morgan fingerprint density at radius 1 is 1.08 bits per heavy atom. The van der Waals surface area contributed by atoms with Crippen molar-refractivity contribution in [3.8, 4) is 5.69 Å². The van der Waals surface area contributed by atoms with Gasteiger partial charge in [0.2, 0.25) is 0 Å². The van der Waals surface area contributed by atoms with Crippen LogP contribution in [-0.2, 0) is 11.2 Å². The van der Waals surface area contributed by atoms with Gasteiger partial charge in [-0.1, -0.05) is 29.8 Å². The molecule has 0 radical (unpaired) electrons. The summed E-state index contributed by atoms with van der Waals surface area (Å²) in [5.41, 5.74) is 2.37. The number of fused-ring (bicyclic) bond motifs is 2. The molecule has 0 aliphatic carbocycles. The van der Waals surface area contributed by atoms with Crippen LogP contribution in [0, 0.1) is 5.92 Å². The average molecular weight is 545 g/mol. The number of benzene rings is 1. The number of nitrogens with zero attached hydrogens (tertiary/aromatic N) is 7. The minimum absolute atomic E-state index is 0.156. The van der Waals surface area contributed by atoms with Crippen LogP contribution in [0.15, 0.2) is 53.7 Å². The summed E-state index contributed by atoms with van der Waals surface area (Å²) in [6.45, 7) is 2.47. The summed E-state index contributed by atoms with van der Waals surface area (Å²) < 4.78 is 8.90. The van der Waals surface area contributed by atoms with Crippen molar-refractivity contribution in [2.24, 2.45) is 5.92 Å². The van der Waals surface area contributed by atoms with Gasteiger partial charge in [-0.2, -0.15) is 5.10 Å². The van der Waals surface area contributed by atoms with E-state index >= 15 is 0 Å². The highest BCUT2D eigenvalue weighted by Crippen LogP contribution is 2.39. The first-order chi connectivity index (χ1) is 19.2. The molecule has 39 heavy (non-hydrogen) atoms. The third kappa shape index (κ3) is 4.37. The maximum atomic E-state index is 13.8. The molecule has 0 bridgehead atoms. The standard InChI is InChI=1S/C28H29ClN8O2/c29-20-10-14-36-24(20)28(38)37(19-6-2-1-3-7-19)26(34-36)21-11-13-35(21)27-23-25(31-17-30-23)32-22(33-27)9-8-18-5-4-15-39-16-12-18/h1-3,6-7,10,14,17-18,21H,4-5,8-9,11-13,15-16H2,(H,30,31,32,33). The third-order valence-electron chi connectivity index (χ3n) is 7.93. The second-order valence-corrected chi connectivity index (χ2v) is 10.7. The van der Waals surface area contributed by atoms with E-state index in [1.807, 2.05) is 30.3 Å². The van der Waals surface area contributed by atoms with E-state index in [0.29, 0.717) is 27.9 Å². The number of imidazole rings is 1. The summed E-state index contributed by atoms with van der Waals surface area (Å²) in [5.74, 6) is 2.85. The fraction of sp³-hybridized carbons (Fsp3) is 0.393. The van der Waals surface area contributed by atoms with Gasteiger partial charge in [-0.05, 0) is 56.2 Å². The minimum Gasteiger partial charge on any atom is -0.381 e. The first-order valence-corrected chi connectivity index (χ1v) is 13.9. The van der Waals surface area contributed by atoms with Gasteiger partial charge in [0.05, 0.1) is 23.1 Å². The van der Waals surface area contributed by atoms with Crippen LogP contribution in [0.4, 0.5) is 5.82 Å². The lowest BCUT2D eigenvalue weighted by Crippen LogP contribution is -2.45. The topological polar surface area (TPSA) is 106 Å². The molecule has 2 fully saturated rings. The second kappa shape index (κ2) is 10.1. The van der Waals surface area contributed by atoms with Crippen molar-refractivity contribution in [3.63, 3.8) is 0 Å². The maximum Gasteiger partial charge on any atom is 0.284 e. The molecule has 5 aromatic rings. The number of halogens is 1. The number of aromatic nitrogens is 7. The summed E-state index contributed by atoms with van der Waals surface area (Å²) >= 11 is 6.39. The lowest BCUT2D eigenvalue weighted by molar-refractivity contribution is 0.141. The van der Waals surface area contributed by atoms with Crippen LogP contribution in [0.25, 0.3) is 22.4 Å². The number of H-pyrrole nitrogens is 1. The molecule has 1 aromatic carbocycles. The number of ether oxygens (including phenoxy) is 1. The molecule has 2 aliphatic heterocycles. The van der Waals surface area contributed by atoms with Crippen LogP contribution >= 0.6 is 11.6 Å². The summed E-state index contributed by atoms with van der Waals surface area (Å²) in [7, 11) is 0. The Morgan fingerprint density at radius 2 is 1.97 bits per heavy atom. The number of nitrogens with one attached hydrogen (secondary N) is 1. The summed E-state index contributed by atoms with van der Waals surface area (Å²) in [4.78, 5) is 33.5. The predicted octanol–water partition coefficient (Wildman–Crippen LogP) is 4.51. The monoisotopic (exact) mass is 544 g/mol. The van der Waals surface area contributed by atoms with E-state index < -0.39 is 0 Å². The largest absolute Gasteiger partial charge is 0.381 e. The van der Waals surface area contributed by atoms with E-state index in [-0.39, 0.29) is 11.6 Å². The Bertz CT molecular complexity index is 1690.